The molecule has 0 spiro atoms. The summed E-state index contributed by atoms with van der Waals surface area (Å²) in [4.78, 5) is 28.7. The molecule has 0 atom stereocenters. The Bertz CT molecular complexity index is 913. The molecule has 3 rings (SSSR count). The zero-order valence-corrected chi connectivity index (χ0v) is 12.5. The molecule has 0 aliphatic heterocycles. The third-order valence-corrected chi connectivity index (χ3v) is 4.01. The number of fused-ring (bicyclic) bond motifs is 1. The third kappa shape index (κ3) is 2.71. The van der Waals surface area contributed by atoms with Gasteiger partial charge < -0.3 is 9.84 Å². The van der Waals surface area contributed by atoms with E-state index in [0.717, 1.165) is 5.69 Å². The molecule has 0 aliphatic carbocycles. The zero-order chi connectivity index (χ0) is 15.7. The summed E-state index contributed by atoms with van der Waals surface area (Å²) in [6.07, 6.45) is 0. The Balaban J connectivity index is 1.79. The summed E-state index contributed by atoms with van der Waals surface area (Å²) in [6, 6.07) is 7.22. The van der Waals surface area contributed by atoms with Gasteiger partial charge in [-0.25, -0.2) is 9.78 Å². The zero-order valence-electron chi connectivity index (χ0n) is 11.6. The summed E-state index contributed by atoms with van der Waals surface area (Å²) in [5, 5.41) is 11.2. The summed E-state index contributed by atoms with van der Waals surface area (Å²) < 4.78 is 6.63. The Labute approximate surface area is 129 Å². The lowest BCUT2D eigenvalue weighted by molar-refractivity contribution is 0.0467. The highest BCUT2D eigenvalue weighted by Crippen LogP contribution is 2.14. The number of rotatable bonds is 3. The van der Waals surface area contributed by atoms with E-state index >= 15 is 0 Å². The van der Waals surface area contributed by atoms with Crippen LogP contribution in [0.1, 0.15) is 21.7 Å². The van der Waals surface area contributed by atoms with Crippen molar-refractivity contribution in [3.05, 3.63) is 63.0 Å². The van der Waals surface area contributed by atoms with Crippen LogP contribution in [0.15, 0.2) is 40.5 Å². The highest BCUT2D eigenvalue weighted by Gasteiger charge is 2.11. The number of phenolic OH excluding ortho intramolecular Hbond substituents is 1. The number of hydrogen-bond acceptors (Lipinski definition) is 6. The van der Waals surface area contributed by atoms with Gasteiger partial charge in [-0.1, -0.05) is 6.07 Å². The number of nitrogens with zero attached hydrogens (tertiary/aromatic N) is 2. The monoisotopic (exact) mass is 316 g/mol. The lowest BCUT2D eigenvalue weighted by atomic mass is 10.2. The average Bonchev–Trinajstić information content (AvgIpc) is 2.86. The van der Waals surface area contributed by atoms with Crippen LogP contribution in [0.3, 0.4) is 0 Å². The predicted octanol–water partition coefficient (Wildman–Crippen LogP) is 2.13. The quantitative estimate of drug-likeness (QED) is 0.749. The predicted molar refractivity (Wildman–Crippen MR) is 81.3 cm³/mol. The maximum absolute atomic E-state index is 12.0. The van der Waals surface area contributed by atoms with E-state index < -0.39 is 5.97 Å². The van der Waals surface area contributed by atoms with Gasteiger partial charge in [-0.05, 0) is 25.1 Å². The van der Waals surface area contributed by atoms with Gasteiger partial charge in [-0.15, -0.1) is 11.3 Å². The molecule has 112 valence electrons. The Kier molecular flexibility index (Phi) is 3.64. The van der Waals surface area contributed by atoms with E-state index in [1.165, 1.54) is 40.0 Å². The van der Waals surface area contributed by atoms with Crippen LogP contribution in [-0.4, -0.2) is 20.5 Å². The first kappa shape index (κ1) is 14.3. The van der Waals surface area contributed by atoms with Crippen molar-refractivity contribution in [3.63, 3.8) is 0 Å². The Morgan fingerprint density at radius 1 is 1.41 bits per heavy atom. The Morgan fingerprint density at radius 2 is 2.23 bits per heavy atom. The molecule has 0 amide bonds. The van der Waals surface area contributed by atoms with Gasteiger partial charge in [0.1, 0.15) is 12.4 Å². The van der Waals surface area contributed by atoms with Crippen LogP contribution in [0.25, 0.3) is 4.96 Å². The van der Waals surface area contributed by atoms with E-state index in [1.54, 1.807) is 6.07 Å². The van der Waals surface area contributed by atoms with Gasteiger partial charge in [0.2, 0.25) is 0 Å². The second kappa shape index (κ2) is 5.61. The van der Waals surface area contributed by atoms with Gasteiger partial charge in [0.05, 0.1) is 11.3 Å². The molecule has 1 aromatic carbocycles. The lowest BCUT2D eigenvalue weighted by Crippen LogP contribution is -2.16. The van der Waals surface area contributed by atoms with E-state index in [-0.39, 0.29) is 23.5 Å². The molecule has 0 saturated carbocycles. The smallest absolute Gasteiger partial charge is 0.338 e. The summed E-state index contributed by atoms with van der Waals surface area (Å²) >= 11 is 1.35. The second-order valence-electron chi connectivity index (χ2n) is 4.71. The van der Waals surface area contributed by atoms with Gasteiger partial charge in [-0.3, -0.25) is 9.20 Å². The first-order valence-electron chi connectivity index (χ1n) is 6.47. The molecule has 2 heterocycles. The van der Waals surface area contributed by atoms with Crippen molar-refractivity contribution in [1.82, 2.24) is 9.38 Å². The van der Waals surface area contributed by atoms with Crippen LogP contribution in [0.4, 0.5) is 0 Å². The van der Waals surface area contributed by atoms with Crippen molar-refractivity contribution >= 4 is 22.3 Å². The van der Waals surface area contributed by atoms with Gasteiger partial charge in [0.15, 0.2) is 4.96 Å². The highest BCUT2D eigenvalue weighted by molar-refractivity contribution is 7.15. The van der Waals surface area contributed by atoms with Gasteiger partial charge in [0.25, 0.3) is 5.56 Å². The Morgan fingerprint density at radius 3 is 3.00 bits per heavy atom. The molecule has 2 aromatic heterocycles. The van der Waals surface area contributed by atoms with Gasteiger partial charge in [0, 0.05) is 17.1 Å². The minimum absolute atomic E-state index is 0.0127. The van der Waals surface area contributed by atoms with Crippen molar-refractivity contribution in [1.29, 1.82) is 0 Å². The lowest BCUT2D eigenvalue weighted by Gasteiger charge is -2.05. The number of ether oxygens (including phenoxy) is 1. The topological polar surface area (TPSA) is 80.9 Å². The van der Waals surface area contributed by atoms with Crippen molar-refractivity contribution in [2.45, 2.75) is 13.5 Å². The first-order chi connectivity index (χ1) is 10.5. The number of phenols is 1. The molecule has 3 aromatic rings. The minimum Gasteiger partial charge on any atom is -0.508 e. The first-order valence-corrected chi connectivity index (χ1v) is 7.35. The van der Waals surface area contributed by atoms with Gasteiger partial charge in [-0.2, -0.15) is 0 Å². The number of thiazole rings is 1. The van der Waals surface area contributed by atoms with E-state index in [1.807, 2.05) is 12.3 Å². The SMILES string of the molecule is Cc1csc2nc(COC(=O)c3cccc(O)c3)cc(=O)n12. The molecule has 7 heteroatoms. The fourth-order valence-corrected chi connectivity index (χ4v) is 2.92. The highest BCUT2D eigenvalue weighted by atomic mass is 32.1. The Hall–Kier alpha value is -2.67. The molecule has 22 heavy (non-hydrogen) atoms. The summed E-state index contributed by atoms with van der Waals surface area (Å²) in [6.45, 7) is 1.73. The van der Waals surface area contributed by atoms with Crippen LogP contribution in [0, 0.1) is 6.92 Å². The second-order valence-corrected chi connectivity index (χ2v) is 5.54. The minimum atomic E-state index is -0.583. The maximum atomic E-state index is 12.0. The number of hydrogen-bond donors (Lipinski definition) is 1. The molecular formula is C15H12N2O4S. The average molecular weight is 316 g/mol. The van der Waals surface area contributed by atoms with Crippen LogP contribution in [-0.2, 0) is 11.3 Å². The molecule has 0 fully saturated rings. The molecular weight excluding hydrogens is 304 g/mol. The molecule has 0 radical (unpaired) electrons. The number of esters is 1. The van der Waals surface area contributed by atoms with E-state index in [4.69, 9.17) is 4.74 Å². The van der Waals surface area contributed by atoms with Gasteiger partial charge >= 0.3 is 5.97 Å². The number of carbonyl (C=O) groups excluding carboxylic acids is 1. The molecule has 0 unspecified atom stereocenters. The molecule has 0 saturated heterocycles. The largest absolute Gasteiger partial charge is 0.508 e. The molecule has 6 nitrogen and oxygen atoms in total. The molecule has 0 bridgehead atoms. The number of carbonyl (C=O) groups is 1. The summed E-state index contributed by atoms with van der Waals surface area (Å²) in [5.41, 5.74) is 1.25. The molecule has 1 N–H and O–H groups in total. The fraction of sp³-hybridized carbons (Fsp3) is 0.133. The van der Waals surface area contributed by atoms with Crippen LogP contribution in [0.2, 0.25) is 0 Å². The number of aryl methyl sites for hydroxylation is 1. The molecule has 0 aliphatic rings. The van der Waals surface area contributed by atoms with Crippen molar-refractivity contribution in [3.8, 4) is 5.75 Å². The van der Waals surface area contributed by atoms with Crippen LogP contribution >= 0.6 is 11.3 Å². The maximum Gasteiger partial charge on any atom is 0.338 e. The number of benzene rings is 1. The van der Waals surface area contributed by atoms with Crippen LogP contribution in [0.5, 0.6) is 5.75 Å². The fourth-order valence-electron chi connectivity index (χ4n) is 2.03. The standard InChI is InChI=1S/C15H12N2O4S/c1-9-8-22-15-16-11(6-13(19)17(9)15)7-21-14(20)10-3-2-4-12(18)5-10/h2-6,8,18H,7H2,1H3. The van der Waals surface area contributed by atoms with E-state index in [2.05, 4.69) is 4.98 Å². The number of aromatic hydroxyl groups is 1. The van der Waals surface area contributed by atoms with Crippen molar-refractivity contribution < 1.29 is 14.6 Å². The van der Waals surface area contributed by atoms with E-state index in [9.17, 15) is 14.7 Å². The summed E-state index contributed by atoms with van der Waals surface area (Å²) in [5.74, 6) is -0.596. The van der Waals surface area contributed by atoms with Crippen LogP contribution < -0.4 is 5.56 Å². The number of aromatic nitrogens is 2. The van der Waals surface area contributed by atoms with Crippen molar-refractivity contribution in [2.24, 2.45) is 0 Å². The summed E-state index contributed by atoms with van der Waals surface area (Å²) in [7, 11) is 0. The van der Waals surface area contributed by atoms with E-state index in [0.29, 0.717) is 10.7 Å². The van der Waals surface area contributed by atoms with Crippen molar-refractivity contribution in [2.75, 3.05) is 0 Å². The normalized spacial score (nSPS) is 10.8. The third-order valence-electron chi connectivity index (χ3n) is 3.06.